The van der Waals surface area contributed by atoms with E-state index in [-0.39, 0.29) is 18.2 Å². The predicted molar refractivity (Wildman–Crippen MR) is 110 cm³/mol. The summed E-state index contributed by atoms with van der Waals surface area (Å²) in [6, 6.07) is 4.23. The first-order valence-corrected chi connectivity index (χ1v) is 11.0. The third-order valence-corrected chi connectivity index (χ3v) is 6.34. The molecule has 2 aromatic heterocycles. The first-order valence-electron chi connectivity index (χ1n) is 10.1. The zero-order chi connectivity index (χ0) is 19.5. The molecule has 1 saturated heterocycles. The summed E-state index contributed by atoms with van der Waals surface area (Å²) in [4.78, 5) is 36.0. The summed E-state index contributed by atoms with van der Waals surface area (Å²) >= 11 is 1.43. The van der Waals surface area contributed by atoms with Crippen LogP contribution in [0.3, 0.4) is 0 Å². The highest BCUT2D eigenvalue weighted by Crippen LogP contribution is 2.25. The summed E-state index contributed by atoms with van der Waals surface area (Å²) in [5.41, 5.74) is 2.55. The molecule has 0 unspecified atom stereocenters. The summed E-state index contributed by atoms with van der Waals surface area (Å²) in [5, 5.41) is 2.58. The number of carbonyl (C=O) groups is 2. The van der Waals surface area contributed by atoms with Gasteiger partial charge in [-0.25, -0.2) is 4.98 Å². The van der Waals surface area contributed by atoms with E-state index in [0.29, 0.717) is 23.3 Å². The molecule has 2 aromatic rings. The minimum absolute atomic E-state index is 0.0424. The van der Waals surface area contributed by atoms with E-state index in [1.807, 2.05) is 30.6 Å². The number of aromatic nitrogens is 2. The number of thiazole rings is 1. The van der Waals surface area contributed by atoms with Crippen molar-refractivity contribution in [3.63, 3.8) is 0 Å². The van der Waals surface area contributed by atoms with E-state index in [0.717, 1.165) is 36.9 Å². The van der Waals surface area contributed by atoms with Crippen LogP contribution in [0.5, 0.6) is 0 Å². The Hall–Kier alpha value is -2.28. The molecule has 28 heavy (non-hydrogen) atoms. The molecule has 2 aliphatic rings. The second-order valence-electron chi connectivity index (χ2n) is 7.69. The minimum Gasteiger partial charge on any atom is -0.288 e. The second kappa shape index (κ2) is 8.39. The fourth-order valence-electron chi connectivity index (χ4n) is 3.89. The first-order chi connectivity index (χ1) is 13.6. The smallest absolute Gasteiger partial charge is 0.238 e. The summed E-state index contributed by atoms with van der Waals surface area (Å²) < 4.78 is 1.65. The first kappa shape index (κ1) is 19.1. The third-order valence-electron chi connectivity index (χ3n) is 5.42. The number of aryl methyl sites for hydroxylation is 1. The van der Waals surface area contributed by atoms with Gasteiger partial charge in [-0.3, -0.25) is 24.0 Å². The summed E-state index contributed by atoms with van der Waals surface area (Å²) in [5.74, 6) is 0.0767. The topological polar surface area (TPSA) is 67.6 Å². The van der Waals surface area contributed by atoms with Gasteiger partial charge in [0.15, 0.2) is 5.13 Å². The van der Waals surface area contributed by atoms with Crippen LogP contribution >= 0.6 is 11.3 Å². The highest BCUT2D eigenvalue weighted by Gasteiger charge is 2.24. The number of carbonyl (C=O) groups excluding carboxylic acids is 2. The Labute approximate surface area is 168 Å². The minimum atomic E-state index is -0.0424. The number of amides is 1. The van der Waals surface area contributed by atoms with Gasteiger partial charge in [0, 0.05) is 24.5 Å². The lowest BCUT2D eigenvalue weighted by Crippen LogP contribution is -2.30. The van der Waals surface area contributed by atoms with Gasteiger partial charge in [-0.2, -0.15) is 0 Å². The number of nitrogens with zero attached hydrogens (tertiary/aromatic N) is 4. The van der Waals surface area contributed by atoms with Gasteiger partial charge < -0.3 is 0 Å². The molecule has 0 N–H and O–H groups in total. The summed E-state index contributed by atoms with van der Waals surface area (Å²) in [6.45, 7) is 2.74. The Morgan fingerprint density at radius 2 is 2.11 bits per heavy atom. The molecule has 0 bridgehead atoms. The Balaban J connectivity index is 1.54. The van der Waals surface area contributed by atoms with Crippen LogP contribution in [0.25, 0.3) is 0 Å². The maximum absolute atomic E-state index is 13.0. The molecule has 4 rings (SSSR count). The molecule has 1 amide bonds. The number of hydrogen-bond donors (Lipinski definition) is 0. The molecule has 0 spiro atoms. The van der Waals surface area contributed by atoms with Crippen molar-refractivity contribution in [2.24, 2.45) is 4.99 Å². The van der Waals surface area contributed by atoms with Crippen molar-refractivity contribution in [1.29, 1.82) is 0 Å². The van der Waals surface area contributed by atoms with Gasteiger partial charge in [-0.05, 0) is 43.9 Å². The van der Waals surface area contributed by atoms with Gasteiger partial charge in [0.05, 0.1) is 18.2 Å². The average Bonchev–Trinajstić information content (AvgIpc) is 3.31. The number of rotatable bonds is 4. The maximum atomic E-state index is 13.0. The lowest BCUT2D eigenvalue weighted by Gasteiger charge is -2.18. The molecule has 0 radical (unpaired) electrons. The molecule has 6 nitrogen and oxygen atoms in total. The summed E-state index contributed by atoms with van der Waals surface area (Å²) in [7, 11) is 0. The molecule has 0 atom stereocenters. The third kappa shape index (κ3) is 4.24. The van der Waals surface area contributed by atoms with E-state index < -0.39 is 0 Å². The van der Waals surface area contributed by atoms with Crippen molar-refractivity contribution >= 4 is 28.3 Å². The van der Waals surface area contributed by atoms with Crippen molar-refractivity contribution in [2.75, 3.05) is 11.4 Å². The molecule has 1 saturated carbocycles. The highest BCUT2D eigenvalue weighted by atomic mass is 32.1. The van der Waals surface area contributed by atoms with Crippen molar-refractivity contribution in [2.45, 2.75) is 64.3 Å². The van der Waals surface area contributed by atoms with E-state index in [1.165, 1.54) is 30.6 Å². The summed E-state index contributed by atoms with van der Waals surface area (Å²) in [6.07, 6.45) is 9.38. The standard InChI is InChI=1S/C21H26N4O2S/c1-15-9-11-24(18(12-15)22-16-6-3-2-4-7-16)20(27)13-17-14-28-21(23-17)25-10-5-8-19(25)26/h9,11-12,14,16H,2-8,10,13H2,1H3. The van der Waals surface area contributed by atoms with E-state index >= 15 is 0 Å². The highest BCUT2D eigenvalue weighted by molar-refractivity contribution is 7.14. The van der Waals surface area contributed by atoms with Gasteiger partial charge >= 0.3 is 0 Å². The molecule has 1 aliphatic carbocycles. The molecule has 148 valence electrons. The van der Waals surface area contributed by atoms with Crippen molar-refractivity contribution < 1.29 is 9.59 Å². The number of pyridine rings is 1. The molecule has 7 heteroatoms. The van der Waals surface area contributed by atoms with Crippen LogP contribution in [0.1, 0.15) is 61.0 Å². The van der Waals surface area contributed by atoms with Gasteiger partial charge in [0.25, 0.3) is 0 Å². The molecular formula is C21H26N4O2S. The van der Waals surface area contributed by atoms with E-state index in [2.05, 4.69) is 4.98 Å². The molecule has 1 aliphatic heterocycles. The van der Waals surface area contributed by atoms with Crippen LogP contribution in [0.2, 0.25) is 0 Å². The van der Waals surface area contributed by atoms with Gasteiger partial charge in [0.1, 0.15) is 5.49 Å². The van der Waals surface area contributed by atoms with E-state index in [4.69, 9.17) is 4.99 Å². The van der Waals surface area contributed by atoms with Gasteiger partial charge in [-0.1, -0.05) is 19.3 Å². The van der Waals surface area contributed by atoms with E-state index in [1.54, 1.807) is 9.47 Å². The average molecular weight is 399 g/mol. The lowest BCUT2D eigenvalue weighted by molar-refractivity contribution is -0.117. The second-order valence-corrected chi connectivity index (χ2v) is 8.53. The van der Waals surface area contributed by atoms with Crippen LogP contribution in [0.4, 0.5) is 5.13 Å². The largest absolute Gasteiger partial charge is 0.288 e. The fraction of sp³-hybridized carbons (Fsp3) is 0.524. The van der Waals surface area contributed by atoms with Gasteiger partial charge in [-0.15, -0.1) is 11.3 Å². The lowest BCUT2D eigenvalue weighted by atomic mass is 9.96. The monoisotopic (exact) mass is 398 g/mol. The van der Waals surface area contributed by atoms with Crippen LogP contribution < -0.4 is 10.4 Å². The molecule has 2 fully saturated rings. The van der Waals surface area contributed by atoms with Crippen LogP contribution in [-0.4, -0.2) is 34.0 Å². The van der Waals surface area contributed by atoms with Crippen molar-refractivity contribution in [3.8, 4) is 0 Å². The molecule has 0 aromatic carbocycles. The molecule has 3 heterocycles. The Kier molecular flexibility index (Phi) is 5.71. The fourth-order valence-corrected chi connectivity index (χ4v) is 4.76. The zero-order valence-electron chi connectivity index (χ0n) is 16.3. The Morgan fingerprint density at radius 1 is 1.29 bits per heavy atom. The maximum Gasteiger partial charge on any atom is 0.238 e. The number of anilines is 1. The number of hydrogen-bond acceptors (Lipinski definition) is 5. The van der Waals surface area contributed by atoms with Crippen molar-refractivity contribution in [1.82, 2.24) is 9.55 Å². The predicted octanol–water partition coefficient (Wildman–Crippen LogP) is 3.50. The van der Waals surface area contributed by atoms with Crippen LogP contribution in [0, 0.1) is 6.92 Å². The Morgan fingerprint density at radius 3 is 2.86 bits per heavy atom. The van der Waals surface area contributed by atoms with Crippen LogP contribution in [0.15, 0.2) is 28.7 Å². The van der Waals surface area contributed by atoms with Gasteiger partial charge in [0.2, 0.25) is 11.8 Å². The van der Waals surface area contributed by atoms with Crippen LogP contribution in [-0.2, 0) is 11.2 Å². The zero-order valence-corrected chi connectivity index (χ0v) is 17.1. The molecular weight excluding hydrogens is 372 g/mol. The SMILES string of the molecule is Cc1ccn(C(=O)Cc2csc(N3CCCC3=O)n2)c(=NC2CCCCC2)c1. The normalized spacial score (nSPS) is 18.8. The van der Waals surface area contributed by atoms with Crippen molar-refractivity contribution in [3.05, 3.63) is 40.5 Å². The quantitative estimate of drug-likeness (QED) is 0.792. The van der Waals surface area contributed by atoms with E-state index in [9.17, 15) is 9.59 Å². The Bertz CT molecular complexity index is 940.